The number of pyridine rings is 1. The van der Waals surface area contributed by atoms with Gasteiger partial charge in [-0.1, -0.05) is 0 Å². The van der Waals surface area contributed by atoms with E-state index in [1.54, 1.807) is 14.0 Å². The predicted molar refractivity (Wildman–Crippen MR) is 67.7 cm³/mol. The molecular weight excluding hydrogens is 246 g/mol. The molecular formula is C12H11N5O2. The number of nitriles is 1. The molecule has 0 bridgehead atoms. The molecule has 0 spiro atoms. The third kappa shape index (κ3) is 2.37. The van der Waals surface area contributed by atoms with Crippen molar-refractivity contribution < 1.29 is 4.79 Å². The number of rotatable bonds is 2. The maximum atomic E-state index is 12.0. The van der Waals surface area contributed by atoms with Crippen LogP contribution in [0.15, 0.2) is 23.3 Å². The zero-order chi connectivity index (χ0) is 14.0. The summed E-state index contributed by atoms with van der Waals surface area (Å²) >= 11 is 0. The first kappa shape index (κ1) is 12.6. The molecule has 2 rings (SSSR count). The highest BCUT2D eigenvalue weighted by Gasteiger charge is 2.15. The maximum Gasteiger partial charge on any atom is 0.262 e. The van der Waals surface area contributed by atoms with E-state index in [0.29, 0.717) is 5.69 Å². The Kier molecular flexibility index (Phi) is 3.16. The van der Waals surface area contributed by atoms with Crippen molar-refractivity contribution in [3.05, 3.63) is 45.5 Å². The predicted octanol–water partition coefficient (Wildman–Crippen LogP) is 0.541. The fourth-order valence-electron chi connectivity index (χ4n) is 1.59. The van der Waals surface area contributed by atoms with Gasteiger partial charge >= 0.3 is 0 Å². The lowest BCUT2D eigenvalue weighted by Gasteiger charge is -2.05. The summed E-state index contributed by atoms with van der Waals surface area (Å²) in [6, 6.07) is 3.25. The molecule has 0 aromatic carbocycles. The summed E-state index contributed by atoms with van der Waals surface area (Å²) in [5, 5.41) is 15.3. The number of H-pyrrole nitrogens is 1. The van der Waals surface area contributed by atoms with Gasteiger partial charge in [0.1, 0.15) is 23.0 Å². The van der Waals surface area contributed by atoms with Crippen molar-refractivity contribution in [1.29, 1.82) is 5.26 Å². The highest BCUT2D eigenvalue weighted by atomic mass is 16.2. The first-order valence-electron chi connectivity index (χ1n) is 5.45. The first-order chi connectivity index (χ1) is 9.02. The highest BCUT2D eigenvalue weighted by molar-refractivity contribution is 6.04. The number of nitrogens with one attached hydrogen (secondary N) is 2. The number of nitrogens with zero attached hydrogens (tertiary/aromatic N) is 3. The fourth-order valence-corrected chi connectivity index (χ4v) is 1.59. The number of hydrogen-bond donors (Lipinski definition) is 2. The van der Waals surface area contributed by atoms with Crippen molar-refractivity contribution in [2.75, 3.05) is 5.32 Å². The van der Waals surface area contributed by atoms with Crippen molar-refractivity contribution in [3.63, 3.8) is 0 Å². The molecule has 1 amide bonds. The molecule has 19 heavy (non-hydrogen) atoms. The largest absolute Gasteiger partial charge is 0.364 e. The number of aromatic nitrogens is 3. The number of aromatic amines is 1. The van der Waals surface area contributed by atoms with Crippen molar-refractivity contribution in [3.8, 4) is 6.07 Å². The highest BCUT2D eigenvalue weighted by Crippen LogP contribution is 2.13. The molecule has 2 heterocycles. The van der Waals surface area contributed by atoms with Crippen LogP contribution in [0, 0.1) is 18.3 Å². The third-order valence-electron chi connectivity index (χ3n) is 2.59. The van der Waals surface area contributed by atoms with Crippen molar-refractivity contribution in [2.24, 2.45) is 7.05 Å². The third-order valence-corrected chi connectivity index (χ3v) is 2.59. The van der Waals surface area contributed by atoms with Gasteiger partial charge in [-0.05, 0) is 6.92 Å². The molecule has 0 atom stereocenters. The summed E-state index contributed by atoms with van der Waals surface area (Å²) in [6.45, 7) is 1.72. The van der Waals surface area contributed by atoms with Gasteiger partial charge in [-0.2, -0.15) is 10.4 Å². The standard InChI is InChI=1S/C12H11N5O2/c1-7-3-10(18)9(6-14-7)12(19)16-11-8(4-13)5-15-17(11)2/h3,5-6H,1-2H3,(H,14,18)(H,16,19). The number of anilines is 1. The van der Waals surface area contributed by atoms with Gasteiger partial charge in [-0.3, -0.25) is 14.3 Å². The van der Waals surface area contributed by atoms with E-state index in [4.69, 9.17) is 5.26 Å². The molecule has 0 aliphatic heterocycles. The average Bonchev–Trinajstić information content (AvgIpc) is 2.70. The Bertz CT molecular complexity index is 735. The van der Waals surface area contributed by atoms with E-state index in [-0.39, 0.29) is 22.4 Å². The molecule has 0 aliphatic rings. The zero-order valence-corrected chi connectivity index (χ0v) is 10.4. The van der Waals surface area contributed by atoms with Crippen LogP contribution in [0.2, 0.25) is 0 Å². The van der Waals surface area contributed by atoms with Gasteiger partial charge in [0.2, 0.25) is 0 Å². The summed E-state index contributed by atoms with van der Waals surface area (Å²) in [6.07, 6.45) is 2.68. The van der Waals surface area contributed by atoms with Crippen LogP contribution in [-0.2, 0) is 7.05 Å². The maximum absolute atomic E-state index is 12.0. The molecule has 96 valence electrons. The lowest BCUT2D eigenvalue weighted by molar-refractivity contribution is 0.102. The van der Waals surface area contributed by atoms with E-state index in [1.165, 1.54) is 23.1 Å². The van der Waals surface area contributed by atoms with Crippen LogP contribution in [0.3, 0.4) is 0 Å². The normalized spacial score (nSPS) is 9.95. The van der Waals surface area contributed by atoms with Crippen molar-refractivity contribution in [1.82, 2.24) is 14.8 Å². The molecule has 2 N–H and O–H groups in total. The van der Waals surface area contributed by atoms with Crippen LogP contribution in [-0.4, -0.2) is 20.7 Å². The molecule has 7 nitrogen and oxygen atoms in total. The van der Waals surface area contributed by atoms with Crippen LogP contribution in [0.5, 0.6) is 0 Å². The molecule has 2 aromatic heterocycles. The van der Waals surface area contributed by atoms with Gasteiger partial charge in [0.25, 0.3) is 5.91 Å². The van der Waals surface area contributed by atoms with Gasteiger partial charge in [0, 0.05) is 25.0 Å². The number of amides is 1. The van der Waals surface area contributed by atoms with Crippen molar-refractivity contribution in [2.45, 2.75) is 6.92 Å². The Labute approximate surface area is 108 Å². The molecule has 0 saturated carbocycles. The van der Waals surface area contributed by atoms with E-state index in [9.17, 15) is 9.59 Å². The molecule has 0 fully saturated rings. The quantitative estimate of drug-likeness (QED) is 0.819. The minimum Gasteiger partial charge on any atom is -0.364 e. The average molecular weight is 257 g/mol. The second-order valence-electron chi connectivity index (χ2n) is 3.99. The second kappa shape index (κ2) is 4.78. The Balaban J connectivity index is 2.34. The number of hydrogen-bond acceptors (Lipinski definition) is 4. The van der Waals surface area contributed by atoms with Crippen LogP contribution in [0.1, 0.15) is 21.6 Å². The van der Waals surface area contributed by atoms with Crippen LogP contribution >= 0.6 is 0 Å². The Morgan fingerprint density at radius 1 is 1.58 bits per heavy atom. The van der Waals surface area contributed by atoms with Crippen LogP contribution in [0.4, 0.5) is 5.82 Å². The van der Waals surface area contributed by atoms with Gasteiger partial charge < -0.3 is 10.3 Å². The fraction of sp³-hybridized carbons (Fsp3) is 0.167. The Morgan fingerprint density at radius 2 is 2.32 bits per heavy atom. The summed E-state index contributed by atoms with van der Waals surface area (Å²) in [4.78, 5) is 26.5. The lowest BCUT2D eigenvalue weighted by Crippen LogP contribution is -2.23. The minimum absolute atomic E-state index is 0.0179. The van der Waals surface area contributed by atoms with E-state index < -0.39 is 5.91 Å². The SMILES string of the molecule is Cc1cc(=O)c(C(=O)Nc2c(C#N)cnn2C)c[nH]1. The Hall–Kier alpha value is -2.88. The molecule has 7 heteroatoms. The first-order valence-corrected chi connectivity index (χ1v) is 5.45. The Morgan fingerprint density at radius 3 is 2.95 bits per heavy atom. The second-order valence-corrected chi connectivity index (χ2v) is 3.99. The number of carbonyl (C=O) groups excluding carboxylic acids is 1. The van der Waals surface area contributed by atoms with E-state index in [2.05, 4.69) is 15.4 Å². The van der Waals surface area contributed by atoms with Crippen LogP contribution < -0.4 is 10.7 Å². The van der Waals surface area contributed by atoms with E-state index >= 15 is 0 Å². The topological polar surface area (TPSA) is 104 Å². The minimum atomic E-state index is -0.582. The van der Waals surface area contributed by atoms with Crippen LogP contribution in [0.25, 0.3) is 0 Å². The van der Waals surface area contributed by atoms with E-state index in [0.717, 1.165) is 0 Å². The molecule has 2 aromatic rings. The summed E-state index contributed by atoms with van der Waals surface area (Å²) in [5.74, 6) is -0.325. The molecule has 0 saturated heterocycles. The molecule has 0 aliphatic carbocycles. The van der Waals surface area contributed by atoms with Gasteiger partial charge in [0.15, 0.2) is 5.43 Å². The summed E-state index contributed by atoms with van der Waals surface area (Å²) in [7, 11) is 1.59. The van der Waals surface area contributed by atoms with Gasteiger partial charge in [0.05, 0.1) is 6.20 Å². The summed E-state index contributed by atoms with van der Waals surface area (Å²) < 4.78 is 1.36. The number of aryl methyl sites for hydroxylation is 2. The lowest BCUT2D eigenvalue weighted by atomic mass is 10.2. The number of carbonyl (C=O) groups is 1. The van der Waals surface area contributed by atoms with E-state index in [1.807, 2.05) is 6.07 Å². The summed E-state index contributed by atoms with van der Waals surface area (Å²) in [5.41, 5.74) is 0.504. The zero-order valence-electron chi connectivity index (χ0n) is 10.4. The van der Waals surface area contributed by atoms with Crippen molar-refractivity contribution >= 4 is 11.7 Å². The monoisotopic (exact) mass is 257 g/mol. The van der Waals surface area contributed by atoms with Gasteiger partial charge in [-0.15, -0.1) is 0 Å². The molecule has 0 unspecified atom stereocenters. The van der Waals surface area contributed by atoms with Gasteiger partial charge in [-0.25, -0.2) is 0 Å². The smallest absolute Gasteiger partial charge is 0.262 e. The molecule has 0 radical (unpaired) electrons.